The zero-order valence-electron chi connectivity index (χ0n) is 8.37. The second-order valence-electron chi connectivity index (χ2n) is 3.53. The van der Waals surface area contributed by atoms with Gasteiger partial charge < -0.3 is 16.0 Å². The van der Waals surface area contributed by atoms with Gasteiger partial charge in [0.2, 0.25) is 0 Å². The van der Waals surface area contributed by atoms with Crippen LogP contribution in [0.1, 0.15) is 0 Å². The Kier molecular flexibility index (Phi) is 2.32. The first-order valence-electron chi connectivity index (χ1n) is 4.55. The molecule has 0 spiro atoms. The Morgan fingerprint density at radius 1 is 1.27 bits per heavy atom. The zero-order chi connectivity index (χ0) is 11.0. The van der Waals surface area contributed by atoms with E-state index in [9.17, 15) is 0 Å². The summed E-state index contributed by atoms with van der Waals surface area (Å²) in [5, 5.41) is 0.494. The van der Waals surface area contributed by atoms with E-state index < -0.39 is 0 Å². The number of aromatic nitrogens is 1. The first-order valence-corrected chi connectivity index (χ1v) is 4.92. The molecule has 0 aliphatic heterocycles. The SMILES string of the molecule is Cn1ccc(-c2cc(N)cc(Cl)c2N)c1. The molecule has 0 saturated carbocycles. The standard InChI is InChI=1S/C11H12ClN3/c1-15-3-2-7(6-15)9-4-8(13)5-10(12)11(9)14/h2-6H,13-14H2,1H3. The monoisotopic (exact) mass is 221 g/mol. The summed E-state index contributed by atoms with van der Waals surface area (Å²) in [6, 6.07) is 5.46. The van der Waals surface area contributed by atoms with E-state index in [1.54, 1.807) is 6.07 Å². The van der Waals surface area contributed by atoms with Crippen molar-refractivity contribution in [3.8, 4) is 11.1 Å². The molecule has 0 fully saturated rings. The summed E-state index contributed by atoms with van der Waals surface area (Å²) in [4.78, 5) is 0. The summed E-state index contributed by atoms with van der Waals surface area (Å²) in [6.45, 7) is 0. The first-order chi connectivity index (χ1) is 7.08. The normalized spacial score (nSPS) is 10.5. The van der Waals surface area contributed by atoms with E-state index in [-0.39, 0.29) is 0 Å². The molecule has 0 aliphatic rings. The Morgan fingerprint density at radius 3 is 2.60 bits per heavy atom. The molecular weight excluding hydrogens is 210 g/mol. The maximum absolute atomic E-state index is 5.96. The Balaban J connectivity index is 2.62. The molecule has 0 radical (unpaired) electrons. The number of rotatable bonds is 1. The van der Waals surface area contributed by atoms with Crippen molar-refractivity contribution < 1.29 is 0 Å². The molecule has 0 aliphatic carbocycles. The summed E-state index contributed by atoms with van der Waals surface area (Å²) in [5.41, 5.74) is 14.7. The van der Waals surface area contributed by atoms with Gasteiger partial charge in [-0.15, -0.1) is 0 Å². The molecule has 2 rings (SSSR count). The maximum Gasteiger partial charge on any atom is 0.0662 e. The van der Waals surface area contributed by atoms with Crippen molar-refractivity contribution in [2.24, 2.45) is 7.05 Å². The quantitative estimate of drug-likeness (QED) is 0.727. The van der Waals surface area contributed by atoms with Crippen LogP contribution >= 0.6 is 11.6 Å². The summed E-state index contributed by atoms with van der Waals surface area (Å²) in [7, 11) is 1.95. The van der Waals surface area contributed by atoms with E-state index >= 15 is 0 Å². The van der Waals surface area contributed by atoms with Crippen LogP contribution in [0.2, 0.25) is 5.02 Å². The molecule has 2 aromatic rings. The highest BCUT2D eigenvalue weighted by Gasteiger charge is 2.08. The van der Waals surface area contributed by atoms with Gasteiger partial charge in [-0.2, -0.15) is 0 Å². The zero-order valence-corrected chi connectivity index (χ0v) is 9.12. The van der Waals surface area contributed by atoms with Crippen molar-refractivity contribution in [3.05, 3.63) is 35.6 Å². The minimum atomic E-state index is 0.494. The lowest BCUT2D eigenvalue weighted by atomic mass is 10.1. The largest absolute Gasteiger partial charge is 0.399 e. The van der Waals surface area contributed by atoms with Gasteiger partial charge in [0.1, 0.15) is 0 Å². The number of nitrogens with zero attached hydrogens (tertiary/aromatic N) is 1. The second-order valence-corrected chi connectivity index (χ2v) is 3.94. The highest BCUT2D eigenvalue weighted by atomic mass is 35.5. The molecule has 0 amide bonds. The lowest BCUT2D eigenvalue weighted by Crippen LogP contribution is -1.94. The summed E-state index contributed by atoms with van der Waals surface area (Å²) >= 11 is 5.96. The third-order valence-corrected chi connectivity index (χ3v) is 2.61. The number of halogens is 1. The average Bonchev–Trinajstić information content (AvgIpc) is 2.58. The number of hydrogen-bond donors (Lipinski definition) is 2. The Bertz CT molecular complexity index is 503. The molecule has 78 valence electrons. The van der Waals surface area contributed by atoms with Crippen molar-refractivity contribution in [3.63, 3.8) is 0 Å². The molecule has 1 aromatic heterocycles. The molecule has 4 N–H and O–H groups in total. The number of benzene rings is 1. The molecule has 0 saturated heterocycles. The van der Waals surface area contributed by atoms with Crippen LogP contribution in [0.15, 0.2) is 30.6 Å². The van der Waals surface area contributed by atoms with Crippen molar-refractivity contribution in [1.82, 2.24) is 4.57 Å². The van der Waals surface area contributed by atoms with E-state index in [0.29, 0.717) is 16.4 Å². The molecule has 4 heteroatoms. The van der Waals surface area contributed by atoms with Gasteiger partial charge in [-0.3, -0.25) is 0 Å². The third kappa shape index (κ3) is 1.78. The van der Waals surface area contributed by atoms with Crippen LogP contribution in [0.25, 0.3) is 11.1 Å². The fourth-order valence-corrected chi connectivity index (χ4v) is 1.77. The number of nitrogens with two attached hydrogens (primary N) is 2. The summed E-state index contributed by atoms with van der Waals surface area (Å²) in [5.74, 6) is 0. The Labute approximate surface area is 93.3 Å². The molecular formula is C11H12ClN3. The first kappa shape index (κ1) is 9.93. The molecule has 3 nitrogen and oxygen atoms in total. The van der Waals surface area contributed by atoms with Gasteiger partial charge >= 0.3 is 0 Å². The highest BCUT2D eigenvalue weighted by Crippen LogP contribution is 2.33. The van der Waals surface area contributed by atoms with Crippen LogP contribution in [0.5, 0.6) is 0 Å². The molecule has 0 unspecified atom stereocenters. The van der Waals surface area contributed by atoms with Crippen LogP contribution in [0.3, 0.4) is 0 Å². The maximum atomic E-state index is 5.96. The van der Waals surface area contributed by atoms with Crippen LogP contribution in [-0.2, 0) is 7.05 Å². The predicted octanol–water partition coefficient (Wildman–Crippen LogP) is 2.51. The second kappa shape index (κ2) is 3.51. The lowest BCUT2D eigenvalue weighted by molar-refractivity contribution is 0.928. The van der Waals surface area contributed by atoms with Gasteiger partial charge in [0.15, 0.2) is 0 Å². The number of aryl methyl sites for hydroxylation is 1. The predicted molar refractivity (Wildman–Crippen MR) is 64.7 cm³/mol. The number of anilines is 2. The van der Waals surface area contributed by atoms with Crippen LogP contribution in [-0.4, -0.2) is 4.57 Å². The summed E-state index contributed by atoms with van der Waals surface area (Å²) < 4.78 is 1.95. The van der Waals surface area contributed by atoms with E-state index in [4.69, 9.17) is 23.1 Å². The lowest BCUT2D eigenvalue weighted by Gasteiger charge is -2.07. The highest BCUT2D eigenvalue weighted by molar-refractivity contribution is 6.34. The van der Waals surface area contributed by atoms with Crippen LogP contribution in [0, 0.1) is 0 Å². The average molecular weight is 222 g/mol. The van der Waals surface area contributed by atoms with E-state index in [0.717, 1.165) is 11.1 Å². The van der Waals surface area contributed by atoms with Gasteiger partial charge in [-0.25, -0.2) is 0 Å². The number of hydrogen-bond acceptors (Lipinski definition) is 2. The topological polar surface area (TPSA) is 57.0 Å². The van der Waals surface area contributed by atoms with Gasteiger partial charge in [0, 0.05) is 36.3 Å². The fraction of sp³-hybridized carbons (Fsp3) is 0.0909. The smallest absolute Gasteiger partial charge is 0.0662 e. The summed E-state index contributed by atoms with van der Waals surface area (Å²) in [6.07, 6.45) is 3.92. The van der Waals surface area contributed by atoms with Crippen LogP contribution < -0.4 is 11.5 Å². The van der Waals surface area contributed by atoms with Gasteiger partial charge in [0.25, 0.3) is 0 Å². The van der Waals surface area contributed by atoms with Crippen molar-refractivity contribution in [2.45, 2.75) is 0 Å². The minimum Gasteiger partial charge on any atom is -0.399 e. The van der Waals surface area contributed by atoms with E-state index in [2.05, 4.69) is 0 Å². The van der Waals surface area contributed by atoms with Gasteiger partial charge in [0.05, 0.1) is 10.7 Å². The van der Waals surface area contributed by atoms with Crippen molar-refractivity contribution in [1.29, 1.82) is 0 Å². The molecule has 1 heterocycles. The van der Waals surface area contributed by atoms with Crippen molar-refractivity contribution >= 4 is 23.0 Å². The molecule has 0 bridgehead atoms. The van der Waals surface area contributed by atoms with Crippen LogP contribution in [0.4, 0.5) is 11.4 Å². The Morgan fingerprint density at radius 2 is 2.00 bits per heavy atom. The van der Waals surface area contributed by atoms with E-state index in [1.165, 1.54) is 0 Å². The van der Waals surface area contributed by atoms with Gasteiger partial charge in [-0.1, -0.05) is 11.6 Å². The van der Waals surface area contributed by atoms with Crippen molar-refractivity contribution in [2.75, 3.05) is 11.5 Å². The molecule has 15 heavy (non-hydrogen) atoms. The molecule has 1 aromatic carbocycles. The number of nitrogen functional groups attached to an aromatic ring is 2. The fourth-order valence-electron chi connectivity index (χ4n) is 1.54. The Hall–Kier alpha value is -1.61. The minimum absolute atomic E-state index is 0.494. The molecule has 0 atom stereocenters. The third-order valence-electron chi connectivity index (χ3n) is 2.29. The van der Waals surface area contributed by atoms with E-state index in [1.807, 2.05) is 36.1 Å². The van der Waals surface area contributed by atoms with Gasteiger partial charge in [-0.05, 0) is 18.2 Å².